The zero-order valence-electron chi connectivity index (χ0n) is 12.6. The monoisotopic (exact) mass is 357 g/mol. The molecule has 0 aliphatic rings. The van der Waals surface area contributed by atoms with E-state index in [2.05, 4.69) is 15.9 Å². The van der Waals surface area contributed by atoms with Gasteiger partial charge in [0.25, 0.3) is 5.91 Å². The summed E-state index contributed by atoms with van der Waals surface area (Å²) in [5.41, 5.74) is -0.590. The number of amides is 1. The Morgan fingerprint density at radius 2 is 1.81 bits per heavy atom. The molecule has 0 spiro atoms. The zero-order valence-corrected chi connectivity index (χ0v) is 14.2. The number of ether oxygens (including phenoxy) is 1. The molecule has 1 atom stereocenters. The summed E-state index contributed by atoms with van der Waals surface area (Å²) < 4.78 is 6.50. The van der Waals surface area contributed by atoms with Crippen LogP contribution in [0.5, 0.6) is 5.75 Å². The molecule has 5 nitrogen and oxygen atoms in total. The van der Waals surface area contributed by atoms with Crippen molar-refractivity contribution >= 4 is 27.8 Å². The minimum absolute atomic E-state index is 0.351. The molecule has 1 N–H and O–H groups in total. The van der Waals surface area contributed by atoms with Gasteiger partial charge >= 0.3 is 5.97 Å². The van der Waals surface area contributed by atoms with E-state index in [0.717, 1.165) is 4.47 Å². The summed E-state index contributed by atoms with van der Waals surface area (Å²) in [6.45, 7) is 6.64. The molecule has 0 aliphatic carbocycles. The standard InChI is InChI=1S/C15H20BrNO4/c1-10(21-12-7-5-11(16)6-8-12)14(20)17(9-13(18)19)15(2,3)4/h5-8,10H,9H2,1-4H3,(H,18,19). The van der Waals surface area contributed by atoms with Gasteiger partial charge in [-0.15, -0.1) is 0 Å². The molecular weight excluding hydrogens is 338 g/mol. The van der Waals surface area contributed by atoms with Crippen molar-refractivity contribution < 1.29 is 19.4 Å². The third-order valence-electron chi connectivity index (χ3n) is 2.84. The van der Waals surface area contributed by atoms with Crippen molar-refractivity contribution in [3.63, 3.8) is 0 Å². The Bertz CT molecular complexity index is 507. The van der Waals surface area contributed by atoms with Crippen LogP contribution in [0.3, 0.4) is 0 Å². The third-order valence-corrected chi connectivity index (χ3v) is 3.37. The largest absolute Gasteiger partial charge is 0.481 e. The SMILES string of the molecule is CC(Oc1ccc(Br)cc1)C(=O)N(CC(=O)O)C(C)(C)C. The Labute approximate surface area is 133 Å². The van der Waals surface area contributed by atoms with E-state index in [1.807, 2.05) is 12.1 Å². The number of hydrogen-bond donors (Lipinski definition) is 1. The fraction of sp³-hybridized carbons (Fsp3) is 0.467. The van der Waals surface area contributed by atoms with Gasteiger partial charge in [0.05, 0.1) is 0 Å². The van der Waals surface area contributed by atoms with Crippen LogP contribution in [0, 0.1) is 0 Å². The summed E-state index contributed by atoms with van der Waals surface area (Å²) in [6.07, 6.45) is -0.759. The van der Waals surface area contributed by atoms with Gasteiger partial charge in [-0.1, -0.05) is 15.9 Å². The van der Waals surface area contributed by atoms with E-state index in [1.54, 1.807) is 39.8 Å². The van der Waals surface area contributed by atoms with Gasteiger partial charge in [0.1, 0.15) is 12.3 Å². The van der Waals surface area contributed by atoms with Crippen LogP contribution >= 0.6 is 15.9 Å². The molecule has 1 unspecified atom stereocenters. The lowest BCUT2D eigenvalue weighted by Gasteiger charge is -2.36. The number of carbonyl (C=O) groups is 2. The maximum absolute atomic E-state index is 12.4. The van der Waals surface area contributed by atoms with Crippen molar-refractivity contribution in [1.82, 2.24) is 4.90 Å². The first-order valence-corrected chi connectivity index (χ1v) is 7.36. The molecule has 116 valence electrons. The fourth-order valence-corrected chi connectivity index (χ4v) is 2.03. The van der Waals surface area contributed by atoms with Crippen molar-refractivity contribution in [3.05, 3.63) is 28.7 Å². The normalized spacial score (nSPS) is 12.6. The van der Waals surface area contributed by atoms with E-state index in [-0.39, 0.29) is 12.5 Å². The highest BCUT2D eigenvalue weighted by molar-refractivity contribution is 9.10. The van der Waals surface area contributed by atoms with E-state index in [4.69, 9.17) is 9.84 Å². The van der Waals surface area contributed by atoms with E-state index in [1.165, 1.54) is 4.90 Å². The zero-order chi connectivity index (χ0) is 16.2. The van der Waals surface area contributed by atoms with Gasteiger partial charge in [-0.2, -0.15) is 0 Å². The smallest absolute Gasteiger partial charge is 0.323 e. The van der Waals surface area contributed by atoms with Crippen LogP contribution in [0.15, 0.2) is 28.7 Å². The van der Waals surface area contributed by atoms with Crippen molar-refractivity contribution in [3.8, 4) is 5.75 Å². The average molecular weight is 358 g/mol. The lowest BCUT2D eigenvalue weighted by molar-refractivity contribution is -0.151. The van der Waals surface area contributed by atoms with Gasteiger partial charge in [0.2, 0.25) is 0 Å². The molecular formula is C15H20BrNO4. The summed E-state index contributed by atoms with van der Waals surface area (Å²) in [6, 6.07) is 7.11. The summed E-state index contributed by atoms with van der Waals surface area (Å²) >= 11 is 3.32. The van der Waals surface area contributed by atoms with Crippen molar-refractivity contribution in [2.75, 3.05) is 6.54 Å². The van der Waals surface area contributed by atoms with Gasteiger partial charge in [0, 0.05) is 10.0 Å². The number of carboxylic acids is 1. The van der Waals surface area contributed by atoms with Crippen LogP contribution in [-0.2, 0) is 9.59 Å². The topological polar surface area (TPSA) is 66.8 Å². The lowest BCUT2D eigenvalue weighted by atomic mass is 10.0. The van der Waals surface area contributed by atoms with Crippen LogP contribution in [0.4, 0.5) is 0 Å². The highest BCUT2D eigenvalue weighted by Gasteiger charge is 2.32. The molecule has 1 amide bonds. The molecule has 0 radical (unpaired) electrons. The van der Waals surface area contributed by atoms with Crippen LogP contribution in [0.1, 0.15) is 27.7 Å². The molecule has 0 heterocycles. The molecule has 0 fully saturated rings. The van der Waals surface area contributed by atoms with Gasteiger partial charge in [-0.3, -0.25) is 9.59 Å². The Balaban J connectivity index is 2.82. The molecule has 6 heteroatoms. The second kappa shape index (κ2) is 6.93. The molecule has 0 aliphatic heterocycles. The van der Waals surface area contributed by atoms with E-state index in [9.17, 15) is 9.59 Å². The van der Waals surface area contributed by atoms with Crippen LogP contribution in [0.25, 0.3) is 0 Å². The molecule has 0 aromatic heterocycles. The predicted octanol–water partition coefficient (Wildman–Crippen LogP) is 2.93. The first-order valence-electron chi connectivity index (χ1n) is 6.57. The summed E-state index contributed by atoms with van der Waals surface area (Å²) in [7, 11) is 0. The van der Waals surface area contributed by atoms with Crippen LogP contribution < -0.4 is 4.74 Å². The first-order chi connectivity index (χ1) is 9.61. The number of rotatable bonds is 5. The molecule has 1 rings (SSSR count). The Kier molecular flexibility index (Phi) is 5.78. The number of carboxylic acid groups (broad SMARTS) is 1. The summed E-state index contributed by atoms with van der Waals surface area (Å²) in [5.74, 6) is -0.842. The number of halogens is 1. The highest BCUT2D eigenvalue weighted by atomic mass is 79.9. The molecule has 21 heavy (non-hydrogen) atoms. The first kappa shape index (κ1) is 17.5. The lowest BCUT2D eigenvalue weighted by Crippen LogP contribution is -2.52. The van der Waals surface area contributed by atoms with E-state index in [0.29, 0.717) is 5.75 Å². The second-order valence-corrected chi connectivity index (χ2v) is 6.62. The quantitative estimate of drug-likeness (QED) is 0.879. The van der Waals surface area contributed by atoms with E-state index < -0.39 is 17.6 Å². The van der Waals surface area contributed by atoms with Crippen molar-refractivity contribution in [1.29, 1.82) is 0 Å². The predicted molar refractivity (Wildman–Crippen MR) is 83.3 cm³/mol. The van der Waals surface area contributed by atoms with Crippen molar-refractivity contribution in [2.45, 2.75) is 39.3 Å². The highest BCUT2D eigenvalue weighted by Crippen LogP contribution is 2.20. The molecule has 1 aromatic carbocycles. The molecule has 0 bridgehead atoms. The summed E-state index contributed by atoms with van der Waals surface area (Å²) in [5, 5.41) is 8.96. The van der Waals surface area contributed by atoms with Crippen molar-refractivity contribution in [2.24, 2.45) is 0 Å². The maximum atomic E-state index is 12.4. The number of nitrogens with zero attached hydrogens (tertiary/aromatic N) is 1. The number of hydrogen-bond acceptors (Lipinski definition) is 3. The fourth-order valence-electron chi connectivity index (χ4n) is 1.77. The number of carbonyl (C=O) groups excluding carboxylic acids is 1. The van der Waals surface area contributed by atoms with Crippen LogP contribution in [-0.4, -0.2) is 40.1 Å². The maximum Gasteiger partial charge on any atom is 0.323 e. The third kappa shape index (κ3) is 5.38. The molecule has 0 saturated carbocycles. The van der Waals surface area contributed by atoms with Gasteiger partial charge < -0.3 is 14.7 Å². The second-order valence-electron chi connectivity index (χ2n) is 5.70. The number of benzene rings is 1. The van der Waals surface area contributed by atoms with Gasteiger partial charge in [-0.25, -0.2) is 0 Å². The van der Waals surface area contributed by atoms with Gasteiger partial charge in [-0.05, 0) is 52.0 Å². The van der Waals surface area contributed by atoms with E-state index >= 15 is 0 Å². The Morgan fingerprint density at radius 1 is 1.29 bits per heavy atom. The van der Waals surface area contributed by atoms with Crippen LogP contribution in [0.2, 0.25) is 0 Å². The molecule has 0 saturated heterocycles. The van der Waals surface area contributed by atoms with Gasteiger partial charge in [0.15, 0.2) is 6.10 Å². The average Bonchev–Trinajstić information content (AvgIpc) is 2.36. The Hall–Kier alpha value is -1.56. The molecule has 1 aromatic rings. The Morgan fingerprint density at radius 3 is 2.24 bits per heavy atom. The number of aliphatic carboxylic acids is 1. The summed E-state index contributed by atoms with van der Waals surface area (Å²) in [4.78, 5) is 24.7. The minimum atomic E-state index is -1.05. The minimum Gasteiger partial charge on any atom is -0.481 e.